The summed E-state index contributed by atoms with van der Waals surface area (Å²) in [7, 11) is 0. The van der Waals surface area contributed by atoms with Gasteiger partial charge in [0, 0.05) is 17.1 Å². The molecule has 0 amide bonds. The molecule has 2 heteroatoms. The van der Waals surface area contributed by atoms with Crippen LogP contribution >= 0.6 is 0 Å². The Kier molecular flexibility index (Phi) is 9.44. The summed E-state index contributed by atoms with van der Waals surface area (Å²) in [5.74, 6) is 0. The van der Waals surface area contributed by atoms with Gasteiger partial charge in [-0.15, -0.1) is 6.58 Å². The molecule has 2 heterocycles. The maximum absolute atomic E-state index is 5.24. The number of rotatable bonds is 5. The quantitative estimate of drug-likeness (QED) is 0.123. The summed E-state index contributed by atoms with van der Waals surface area (Å²) in [5.41, 5.74) is 23.9. The summed E-state index contributed by atoms with van der Waals surface area (Å²) in [4.78, 5) is 2.61. The molecule has 71 heavy (non-hydrogen) atoms. The lowest BCUT2D eigenvalue weighted by molar-refractivity contribution is 1.30. The highest BCUT2D eigenvalue weighted by molar-refractivity contribution is 7.03. The molecule has 0 aromatic heterocycles. The van der Waals surface area contributed by atoms with Crippen molar-refractivity contribution >= 4 is 72.5 Å². The van der Waals surface area contributed by atoms with Gasteiger partial charge in [0.25, 0.3) is 0 Å². The van der Waals surface area contributed by atoms with Crippen LogP contribution in [0.2, 0.25) is 0 Å². The van der Waals surface area contributed by atoms with Gasteiger partial charge in [-0.25, -0.2) is 0 Å². The van der Waals surface area contributed by atoms with E-state index in [1.54, 1.807) is 0 Å². The van der Waals surface area contributed by atoms with Crippen LogP contribution in [0.15, 0.2) is 255 Å². The maximum Gasteiger partial charge on any atom is 0.247 e. The van der Waals surface area contributed by atoms with E-state index in [4.69, 9.17) is 6.58 Å². The van der Waals surface area contributed by atoms with E-state index < -0.39 is 0 Å². The molecule has 330 valence electrons. The number of hydrogen-bond donors (Lipinski definition) is 0. The van der Waals surface area contributed by atoms with Gasteiger partial charge >= 0.3 is 0 Å². The van der Waals surface area contributed by atoms with Gasteiger partial charge in [0.2, 0.25) is 6.71 Å². The second-order valence-corrected chi connectivity index (χ2v) is 19.2. The molecule has 2 aliphatic rings. The molecule has 0 saturated heterocycles. The van der Waals surface area contributed by atoms with Gasteiger partial charge < -0.3 is 4.90 Å². The first-order chi connectivity index (χ1) is 35.1. The van der Waals surface area contributed by atoms with E-state index in [-0.39, 0.29) is 6.71 Å². The minimum absolute atomic E-state index is 0.212. The Morgan fingerprint density at radius 1 is 0.338 bits per heavy atom. The summed E-state index contributed by atoms with van der Waals surface area (Å²) < 4.78 is 0. The smallest absolute Gasteiger partial charge is 0.247 e. The third kappa shape index (κ3) is 6.42. The molecule has 14 rings (SSSR count). The largest absolute Gasteiger partial charge is 0.311 e. The molecular weight excluding hydrogens is 854 g/mol. The Bertz CT molecular complexity index is 4060. The maximum atomic E-state index is 5.24. The molecule has 0 spiro atoms. The second kappa shape index (κ2) is 16.3. The van der Waals surface area contributed by atoms with Crippen LogP contribution in [0.5, 0.6) is 0 Å². The lowest BCUT2D eigenvalue weighted by Crippen LogP contribution is -2.51. The van der Waals surface area contributed by atoms with Crippen LogP contribution < -0.4 is 15.8 Å². The van der Waals surface area contributed by atoms with Crippen LogP contribution in [0.3, 0.4) is 0 Å². The first kappa shape index (κ1) is 41.0. The van der Waals surface area contributed by atoms with Gasteiger partial charge in [-0.3, -0.25) is 0 Å². The third-order valence-corrected chi connectivity index (χ3v) is 15.4. The van der Waals surface area contributed by atoms with E-state index in [0.29, 0.717) is 0 Å². The van der Waals surface area contributed by atoms with Crippen molar-refractivity contribution in [3.8, 4) is 66.8 Å². The SMILES string of the molecule is C=C1B2c3cc4c(-c5ccccc5)c5ccccc5c(-c5ccccc5)c4cc3N(c3cc(-c4ccccc4)cc(-c4ccccc4)c3)c3cc4ccccc4c(c32)-c2cccc(c2C)-c2ccccc21. The van der Waals surface area contributed by atoms with Crippen LogP contribution in [0.25, 0.3) is 105 Å². The molecule has 0 fully saturated rings. The van der Waals surface area contributed by atoms with Gasteiger partial charge in [-0.2, -0.15) is 0 Å². The van der Waals surface area contributed by atoms with E-state index in [1.807, 2.05) is 0 Å². The predicted octanol–water partition coefficient (Wildman–Crippen LogP) is 17.4. The summed E-state index contributed by atoms with van der Waals surface area (Å²) in [5, 5.41) is 7.34. The fraction of sp³-hybridized carbons (Fsp3) is 0.0145. The number of benzene rings is 12. The first-order valence-electron chi connectivity index (χ1n) is 24.7. The molecule has 0 N–H and O–H groups in total. The molecule has 0 unspecified atom stereocenters. The van der Waals surface area contributed by atoms with Crippen LogP contribution in [0, 0.1) is 6.92 Å². The van der Waals surface area contributed by atoms with Crippen LogP contribution in [0.1, 0.15) is 11.1 Å². The average molecular weight is 900 g/mol. The lowest BCUT2D eigenvalue weighted by atomic mass is 9.33. The number of anilines is 3. The predicted molar refractivity (Wildman–Crippen MR) is 305 cm³/mol. The summed E-state index contributed by atoms with van der Waals surface area (Å²) in [6.45, 7) is 7.35. The molecule has 0 aliphatic carbocycles. The molecule has 12 aromatic rings. The molecule has 1 nitrogen and oxygen atoms in total. The van der Waals surface area contributed by atoms with Crippen LogP contribution in [-0.2, 0) is 0 Å². The highest BCUT2D eigenvalue weighted by atomic mass is 15.2. The third-order valence-electron chi connectivity index (χ3n) is 15.4. The van der Waals surface area contributed by atoms with E-state index in [1.165, 1.54) is 110 Å². The summed E-state index contributed by atoms with van der Waals surface area (Å²) in [6, 6.07) is 92.4. The Morgan fingerprint density at radius 3 is 1.42 bits per heavy atom. The lowest BCUT2D eigenvalue weighted by Gasteiger charge is -2.40. The minimum atomic E-state index is -0.212. The first-order valence-corrected chi connectivity index (χ1v) is 24.7. The van der Waals surface area contributed by atoms with Crippen LogP contribution in [0.4, 0.5) is 17.1 Å². The van der Waals surface area contributed by atoms with Crippen molar-refractivity contribution in [2.45, 2.75) is 6.92 Å². The monoisotopic (exact) mass is 899 g/mol. The zero-order chi connectivity index (χ0) is 47.2. The van der Waals surface area contributed by atoms with E-state index >= 15 is 0 Å². The fourth-order valence-corrected chi connectivity index (χ4v) is 12.2. The molecule has 0 atom stereocenters. The topological polar surface area (TPSA) is 3.24 Å². The van der Waals surface area contributed by atoms with Crippen molar-refractivity contribution in [1.82, 2.24) is 0 Å². The average Bonchev–Trinajstić information content (AvgIpc) is 3.45. The van der Waals surface area contributed by atoms with E-state index in [2.05, 4.69) is 261 Å². The fourth-order valence-electron chi connectivity index (χ4n) is 12.2. The summed E-state index contributed by atoms with van der Waals surface area (Å²) >= 11 is 0. The van der Waals surface area contributed by atoms with E-state index in [9.17, 15) is 0 Å². The van der Waals surface area contributed by atoms with Gasteiger partial charge in [-0.05, 0) is 158 Å². The molecule has 0 radical (unpaired) electrons. The Hall–Kier alpha value is -8.98. The van der Waals surface area contributed by atoms with Gasteiger partial charge in [-0.1, -0.05) is 224 Å². The summed E-state index contributed by atoms with van der Waals surface area (Å²) in [6.07, 6.45) is 0. The van der Waals surface area contributed by atoms with Crippen molar-refractivity contribution < 1.29 is 0 Å². The van der Waals surface area contributed by atoms with Crippen molar-refractivity contribution in [2.24, 2.45) is 0 Å². The Morgan fingerprint density at radius 2 is 0.817 bits per heavy atom. The molecule has 2 bridgehead atoms. The van der Waals surface area contributed by atoms with Gasteiger partial charge in [0.15, 0.2) is 0 Å². The van der Waals surface area contributed by atoms with Crippen LogP contribution in [-0.4, -0.2) is 6.71 Å². The second-order valence-electron chi connectivity index (χ2n) is 19.2. The zero-order valence-electron chi connectivity index (χ0n) is 39.4. The Balaban J connectivity index is 1.21. The number of fused-ring (bicyclic) bond motifs is 11. The number of hydrogen-bond acceptors (Lipinski definition) is 1. The normalized spacial score (nSPS) is 12.5. The highest BCUT2D eigenvalue weighted by Gasteiger charge is 2.41. The van der Waals surface area contributed by atoms with E-state index in [0.717, 1.165) is 33.7 Å². The molecule has 12 aromatic carbocycles. The minimum Gasteiger partial charge on any atom is -0.311 e. The number of nitrogens with zero attached hydrogens (tertiary/aromatic N) is 1. The van der Waals surface area contributed by atoms with Crippen molar-refractivity contribution in [3.63, 3.8) is 0 Å². The van der Waals surface area contributed by atoms with Gasteiger partial charge in [0.1, 0.15) is 0 Å². The highest BCUT2D eigenvalue weighted by Crippen LogP contribution is 2.51. The standard InChI is InChI=1S/C69H46BN/c1-44-54-36-21-37-55(44)68-57-32-16-15-30-50(57)41-65-69(68)70(45(2)56-31-17-18-33-58(54)56)63-42-61-62(67(49-28-13-6-14-29-49)60-35-20-19-34-59(60)66(61)48-26-11-5-12-27-48)43-64(63)71(65)53-39-51(46-22-7-3-8-23-46)38-52(40-53)47-24-9-4-10-25-47/h3-43H,2H2,1H3. The molecule has 0 saturated carbocycles. The van der Waals surface area contributed by atoms with Crippen molar-refractivity contribution in [2.75, 3.05) is 4.90 Å². The Labute approximate surface area is 415 Å². The molecule has 2 aliphatic heterocycles. The molecular formula is C69H46BN. The van der Waals surface area contributed by atoms with Crippen molar-refractivity contribution in [3.05, 3.63) is 266 Å². The van der Waals surface area contributed by atoms with Crippen molar-refractivity contribution in [1.29, 1.82) is 0 Å². The van der Waals surface area contributed by atoms with Gasteiger partial charge in [0.05, 0.1) is 0 Å². The zero-order valence-corrected chi connectivity index (χ0v) is 39.4.